The fourth-order valence-electron chi connectivity index (χ4n) is 1.65. The first-order valence-electron chi connectivity index (χ1n) is 6.21. The van der Waals surface area contributed by atoms with Crippen LogP contribution < -0.4 is 15.8 Å². The molecule has 20 heavy (non-hydrogen) atoms. The SMILES string of the molecule is NC(=O)CCCCNCc1ccccc1OC(F)(F)F. The number of nitrogens with two attached hydrogens (primary N) is 1. The van der Waals surface area contributed by atoms with Crippen LogP contribution in [0.25, 0.3) is 0 Å². The number of ether oxygens (including phenoxy) is 1. The zero-order valence-corrected chi connectivity index (χ0v) is 10.9. The molecule has 0 heterocycles. The van der Waals surface area contributed by atoms with Gasteiger partial charge in [0.1, 0.15) is 5.75 Å². The van der Waals surface area contributed by atoms with Crippen molar-refractivity contribution in [3.05, 3.63) is 29.8 Å². The zero-order valence-electron chi connectivity index (χ0n) is 10.9. The van der Waals surface area contributed by atoms with Crippen molar-refractivity contribution >= 4 is 5.91 Å². The predicted molar refractivity (Wildman–Crippen MR) is 67.9 cm³/mol. The van der Waals surface area contributed by atoms with Crippen molar-refractivity contribution in [3.63, 3.8) is 0 Å². The first kappa shape index (κ1) is 16.3. The van der Waals surface area contributed by atoms with Crippen LogP contribution in [0.15, 0.2) is 24.3 Å². The molecule has 1 aromatic rings. The summed E-state index contributed by atoms with van der Waals surface area (Å²) < 4.78 is 40.5. The van der Waals surface area contributed by atoms with Crippen LogP contribution in [0.1, 0.15) is 24.8 Å². The molecule has 1 amide bonds. The van der Waals surface area contributed by atoms with Gasteiger partial charge in [-0.05, 0) is 25.5 Å². The summed E-state index contributed by atoms with van der Waals surface area (Å²) in [7, 11) is 0. The van der Waals surface area contributed by atoms with Crippen molar-refractivity contribution < 1.29 is 22.7 Å². The molecule has 0 unspecified atom stereocenters. The summed E-state index contributed by atoms with van der Waals surface area (Å²) in [4.78, 5) is 10.5. The lowest BCUT2D eigenvalue weighted by Gasteiger charge is -2.13. The quantitative estimate of drug-likeness (QED) is 0.722. The molecule has 0 atom stereocenters. The zero-order chi connectivity index (χ0) is 15.0. The average molecular weight is 290 g/mol. The molecule has 0 saturated heterocycles. The molecule has 0 aliphatic rings. The van der Waals surface area contributed by atoms with E-state index >= 15 is 0 Å². The number of carbonyl (C=O) groups is 1. The Morgan fingerprint density at radius 1 is 1.25 bits per heavy atom. The third-order valence-corrected chi connectivity index (χ3v) is 2.54. The highest BCUT2D eigenvalue weighted by Gasteiger charge is 2.31. The van der Waals surface area contributed by atoms with Gasteiger partial charge in [-0.25, -0.2) is 0 Å². The highest BCUT2D eigenvalue weighted by molar-refractivity contribution is 5.73. The van der Waals surface area contributed by atoms with E-state index in [1.165, 1.54) is 12.1 Å². The first-order valence-corrected chi connectivity index (χ1v) is 6.21. The number of benzene rings is 1. The molecule has 4 nitrogen and oxygen atoms in total. The van der Waals surface area contributed by atoms with Crippen LogP contribution in [-0.2, 0) is 11.3 Å². The lowest BCUT2D eigenvalue weighted by atomic mass is 10.2. The van der Waals surface area contributed by atoms with Gasteiger partial charge in [0.2, 0.25) is 5.91 Å². The number of rotatable bonds is 8. The van der Waals surface area contributed by atoms with Gasteiger partial charge in [0.15, 0.2) is 0 Å². The molecular weight excluding hydrogens is 273 g/mol. The van der Waals surface area contributed by atoms with Crippen LogP contribution >= 0.6 is 0 Å². The van der Waals surface area contributed by atoms with Gasteiger partial charge in [-0.2, -0.15) is 0 Å². The number of unbranched alkanes of at least 4 members (excludes halogenated alkanes) is 1. The highest BCUT2D eigenvalue weighted by Crippen LogP contribution is 2.25. The van der Waals surface area contributed by atoms with Crippen LogP contribution in [-0.4, -0.2) is 18.8 Å². The largest absolute Gasteiger partial charge is 0.573 e. The monoisotopic (exact) mass is 290 g/mol. The summed E-state index contributed by atoms with van der Waals surface area (Å²) >= 11 is 0. The third-order valence-electron chi connectivity index (χ3n) is 2.54. The number of para-hydroxylation sites is 1. The Morgan fingerprint density at radius 3 is 2.60 bits per heavy atom. The molecule has 3 N–H and O–H groups in total. The van der Waals surface area contributed by atoms with Crippen molar-refractivity contribution in [2.45, 2.75) is 32.2 Å². The molecule has 0 bridgehead atoms. The molecule has 1 rings (SSSR count). The van der Waals surface area contributed by atoms with Crippen molar-refractivity contribution in [1.82, 2.24) is 5.32 Å². The van der Waals surface area contributed by atoms with Gasteiger partial charge in [-0.3, -0.25) is 4.79 Å². The maximum Gasteiger partial charge on any atom is 0.573 e. The number of halogens is 3. The number of amides is 1. The highest BCUT2D eigenvalue weighted by atomic mass is 19.4. The van der Waals surface area contributed by atoms with E-state index in [9.17, 15) is 18.0 Å². The van der Waals surface area contributed by atoms with Gasteiger partial charge in [-0.1, -0.05) is 18.2 Å². The number of nitrogens with one attached hydrogen (secondary N) is 1. The Balaban J connectivity index is 2.38. The Bertz CT molecular complexity index is 436. The standard InChI is InChI=1S/C13H17F3N2O2/c14-13(15,16)20-11-6-2-1-5-10(11)9-18-8-4-3-7-12(17)19/h1-2,5-6,18H,3-4,7-9H2,(H2,17,19). The van der Waals surface area contributed by atoms with Crippen molar-refractivity contribution in [2.24, 2.45) is 5.73 Å². The van der Waals surface area contributed by atoms with Gasteiger partial charge in [0.25, 0.3) is 0 Å². The molecule has 0 aliphatic carbocycles. The van der Waals surface area contributed by atoms with E-state index < -0.39 is 6.36 Å². The van der Waals surface area contributed by atoms with E-state index in [2.05, 4.69) is 10.1 Å². The molecule has 112 valence electrons. The third kappa shape index (κ3) is 6.98. The first-order chi connectivity index (χ1) is 9.38. The van der Waals surface area contributed by atoms with E-state index in [4.69, 9.17) is 5.73 Å². The number of hydrogen-bond donors (Lipinski definition) is 2. The lowest BCUT2D eigenvalue weighted by Crippen LogP contribution is -2.20. The minimum absolute atomic E-state index is 0.204. The fourth-order valence-corrected chi connectivity index (χ4v) is 1.65. The van der Waals surface area contributed by atoms with E-state index in [0.29, 0.717) is 24.9 Å². The van der Waals surface area contributed by atoms with Crippen molar-refractivity contribution in [1.29, 1.82) is 0 Å². The Hall–Kier alpha value is -1.76. The van der Waals surface area contributed by atoms with Crippen LogP contribution in [0, 0.1) is 0 Å². The van der Waals surface area contributed by atoms with Gasteiger partial charge in [-0.15, -0.1) is 13.2 Å². The van der Waals surface area contributed by atoms with Crippen LogP contribution in [0.2, 0.25) is 0 Å². The normalized spacial score (nSPS) is 11.3. The smallest absolute Gasteiger partial charge is 0.405 e. The predicted octanol–water partition coefficient (Wildman–Crippen LogP) is 2.33. The number of primary amides is 1. The summed E-state index contributed by atoms with van der Waals surface area (Å²) in [5.41, 5.74) is 5.42. The maximum atomic E-state index is 12.2. The van der Waals surface area contributed by atoms with Gasteiger partial charge in [0.05, 0.1) is 0 Å². The van der Waals surface area contributed by atoms with E-state index in [0.717, 1.165) is 6.42 Å². The second-order valence-electron chi connectivity index (χ2n) is 4.26. The molecule has 0 aliphatic heterocycles. The van der Waals surface area contributed by atoms with Gasteiger partial charge >= 0.3 is 6.36 Å². The van der Waals surface area contributed by atoms with Crippen molar-refractivity contribution in [3.8, 4) is 5.75 Å². The molecule has 7 heteroatoms. The second-order valence-corrected chi connectivity index (χ2v) is 4.26. The number of alkyl halides is 3. The second kappa shape index (κ2) is 7.74. The summed E-state index contributed by atoms with van der Waals surface area (Å²) in [6.07, 6.45) is -3.00. The number of hydrogen-bond acceptors (Lipinski definition) is 3. The summed E-state index contributed by atoms with van der Waals surface area (Å²) in [6, 6.07) is 5.97. The van der Waals surface area contributed by atoms with Crippen LogP contribution in [0.5, 0.6) is 5.75 Å². The van der Waals surface area contributed by atoms with Crippen LogP contribution in [0.4, 0.5) is 13.2 Å². The van der Waals surface area contributed by atoms with Crippen molar-refractivity contribution in [2.75, 3.05) is 6.54 Å². The fraction of sp³-hybridized carbons (Fsp3) is 0.462. The molecule has 0 aromatic heterocycles. The van der Waals surface area contributed by atoms with Gasteiger partial charge < -0.3 is 15.8 Å². The summed E-state index contributed by atoms with van der Waals surface area (Å²) in [5, 5.41) is 3.00. The maximum absolute atomic E-state index is 12.2. The molecule has 1 aromatic carbocycles. The molecule has 0 saturated carbocycles. The van der Waals surface area contributed by atoms with E-state index in [-0.39, 0.29) is 18.2 Å². The Labute approximate surface area is 115 Å². The van der Waals surface area contributed by atoms with Crippen LogP contribution in [0.3, 0.4) is 0 Å². The average Bonchev–Trinajstić information content (AvgIpc) is 2.33. The number of carbonyl (C=O) groups excluding carboxylic acids is 1. The van der Waals surface area contributed by atoms with E-state index in [1.54, 1.807) is 12.1 Å². The van der Waals surface area contributed by atoms with Gasteiger partial charge in [0, 0.05) is 18.5 Å². The minimum Gasteiger partial charge on any atom is -0.405 e. The minimum atomic E-state index is -4.70. The Kier molecular flexibility index (Phi) is 6.30. The topological polar surface area (TPSA) is 64.4 Å². The molecule has 0 spiro atoms. The molecule has 0 radical (unpaired) electrons. The lowest BCUT2D eigenvalue weighted by molar-refractivity contribution is -0.274. The van der Waals surface area contributed by atoms with E-state index in [1.807, 2.05) is 0 Å². The Morgan fingerprint density at radius 2 is 1.95 bits per heavy atom. The molecule has 0 fully saturated rings. The summed E-state index contributed by atoms with van der Waals surface area (Å²) in [6.45, 7) is 0.858. The summed E-state index contributed by atoms with van der Waals surface area (Å²) in [5.74, 6) is -0.557. The molecular formula is C13H17F3N2O2.